The SMILES string of the molecule is NCc1cccc(NC(=O)N2CCCC(O)C2)c1. The molecule has 5 heteroatoms. The first-order valence-corrected chi connectivity index (χ1v) is 6.22. The van der Waals surface area contributed by atoms with Gasteiger partial charge < -0.3 is 21.1 Å². The van der Waals surface area contributed by atoms with E-state index >= 15 is 0 Å². The van der Waals surface area contributed by atoms with Crippen LogP contribution in [0.3, 0.4) is 0 Å². The van der Waals surface area contributed by atoms with Gasteiger partial charge in [-0.2, -0.15) is 0 Å². The van der Waals surface area contributed by atoms with E-state index in [1.807, 2.05) is 24.3 Å². The van der Waals surface area contributed by atoms with Crippen molar-refractivity contribution in [1.82, 2.24) is 4.90 Å². The van der Waals surface area contributed by atoms with Gasteiger partial charge in [0.2, 0.25) is 0 Å². The molecule has 1 unspecified atom stereocenters. The van der Waals surface area contributed by atoms with Crippen molar-refractivity contribution in [3.8, 4) is 0 Å². The summed E-state index contributed by atoms with van der Waals surface area (Å²) in [6.45, 7) is 1.55. The molecule has 5 nitrogen and oxygen atoms in total. The fourth-order valence-corrected chi connectivity index (χ4v) is 2.12. The number of nitrogens with zero attached hydrogens (tertiary/aromatic N) is 1. The highest BCUT2D eigenvalue weighted by Gasteiger charge is 2.21. The van der Waals surface area contributed by atoms with E-state index in [0.29, 0.717) is 19.6 Å². The molecule has 1 aliphatic rings. The van der Waals surface area contributed by atoms with E-state index in [1.54, 1.807) is 4.90 Å². The Balaban J connectivity index is 1.97. The second kappa shape index (κ2) is 5.84. The Kier molecular flexibility index (Phi) is 4.17. The van der Waals surface area contributed by atoms with Gasteiger partial charge in [0.25, 0.3) is 0 Å². The number of rotatable bonds is 2. The van der Waals surface area contributed by atoms with Gasteiger partial charge in [0.05, 0.1) is 6.10 Å². The molecule has 1 aliphatic heterocycles. The molecule has 1 heterocycles. The van der Waals surface area contributed by atoms with Crippen LogP contribution in [0.2, 0.25) is 0 Å². The number of benzene rings is 1. The zero-order chi connectivity index (χ0) is 13.0. The number of anilines is 1. The number of carbonyl (C=O) groups is 1. The molecule has 0 spiro atoms. The Labute approximate surface area is 107 Å². The van der Waals surface area contributed by atoms with Gasteiger partial charge in [0, 0.05) is 25.3 Å². The molecule has 2 amide bonds. The number of aliphatic hydroxyl groups excluding tert-OH is 1. The van der Waals surface area contributed by atoms with Crippen LogP contribution in [0.25, 0.3) is 0 Å². The van der Waals surface area contributed by atoms with E-state index in [4.69, 9.17) is 5.73 Å². The summed E-state index contributed by atoms with van der Waals surface area (Å²) in [5.74, 6) is 0. The lowest BCUT2D eigenvalue weighted by Gasteiger charge is -2.30. The largest absolute Gasteiger partial charge is 0.391 e. The first kappa shape index (κ1) is 12.9. The number of aliphatic hydroxyl groups is 1. The second-order valence-corrected chi connectivity index (χ2v) is 4.58. The third-order valence-electron chi connectivity index (χ3n) is 3.10. The standard InChI is InChI=1S/C13H19N3O2/c14-8-10-3-1-4-11(7-10)15-13(18)16-6-2-5-12(17)9-16/h1,3-4,7,12,17H,2,5-6,8-9,14H2,(H,15,18). The second-order valence-electron chi connectivity index (χ2n) is 4.58. The van der Waals surface area contributed by atoms with Crippen LogP contribution in [-0.4, -0.2) is 35.2 Å². The van der Waals surface area contributed by atoms with Crippen LogP contribution >= 0.6 is 0 Å². The van der Waals surface area contributed by atoms with Crippen LogP contribution in [0.5, 0.6) is 0 Å². The molecule has 1 saturated heterocycles. The minimum atomic E-state index is -0.403. The summed E-state index contributed by atoms with van der Waals surface area (Å²) in [7, 11) is 0. The van der Waals surface area contributed by atoms with Gasteiger partial charge in [0.1, 0.15) is 0 Å². The van der Waals surface area contributed by atoms with Crippen LogP contribution in [-0.2, 0) is 6.54 Å². The molecule has 0 saturated carbocycles. The number of β-amino-alcohol motifs (C(OH)–C–C–N with tert-alkyl or cyclic N) is 1. The molecule has 1 atom stereocenters. The number of piperidine rings is 1. The highest BCUT2D eigenvalue weighted by Crippen LogP contribution is 2.14. The fourth-order valence-electron chi connectivity index (χ4n) is 2.12. The molecular formula is C13H19N3O2. The Bertz CT molecular complexity index is 422. The van der Waals surface area contributed by atoms with Crippen LogP contribution < -0.4 is 11.1 Å². The number of amides is 2. The fraction of sp³-hybridized carbons (Fsp3) is 0.462. The van der Waals surface area contributed by atoms with E-state index in [2.05, 4.69) is 5.32 Å². The van der Waals surface area contributed by atoms with Crippen molar-refractivity contribution in [2.75, 3.05) is 18.4 Å². The van der Waals surface area contributed by atoms with Crippen molar-refractivity contribution >= 4 is 11.7 Å². The number of nitrogens with two attached hydrogens (primary N) is 1. The number of hydrogen-bond donors (Lipinski definition) is 3. The summed E-state index contributed by atoms with van der Waals surface area (Å²) >= 11 is 0. The minimum Gasteiger partial charge on any atom is -0.391 e. The number of nitrogens with one attached hydrogen (secondary N) is 1. The maximum Gasteiger partial charge on any atom is 0.321 e. The Hall–Kier alpha value is -1.59. The van der Waals surface area contributed by atoms with Crippen LogP contribution in [0, 0.1) is 0 Å². The summed E-state index contributed by atoms with van der Waals surface area (Å²) < 4.78 is 0. The van der Waals surface area contributed by atoms with Crippen molar-refractivity contribution in [3.05, 3.63) is 29.8 Å². The quantitative estimate of drug-likeness (QED) is 0.735. The average molecular weight is 249 g/mol. The molecule has 98 valence electrons. The molecule has 18 heavy (non-hydrogen) atoms. The van der Waals surface area contributed by atoms with Crippen molar-refractivity contribution < 1.29 is 9.90 Å². The van der Waals surface area contributed by atoms with E-state index in [9.17, 15) is 9.90 Å². The maximum atomic E-state index is 12.0. The molecule has 1 fully saturated rings. The Morgan fingerprint density at radius 3 is 3.11 bits per heavy atom. The Morgan fingerprint density at radius 1 is 1.56 bits per heavy atom. The van der Waals surface area contributed by atoms with Gasteiger partial charge in [0.15, 0.2) is 0 Å². The molecular weight excluding hydrogens is 230 g/mol. The number of hydrogen-bond acceptors (Lipinski definition) is 3. The number of urea groups is 1. The maximum absolute atomic E-state index is 12.0. The molecule has 0 aromatic heterocycles. The normalized spacial score (nSPS) is 19.7. The van der Waals surface area contributed by atoms with Crippen LogP contribution in [0.15, 0.2) is 24.3 Å². The molecule has 0 radical (unpaired) electrons. The summed E-state index contributed by atoms with van der Waals surface area (Å²) in [6.07, 6.45) is 1.21. The van der Waals surface area contributed by atoms with E-state index < -0.39 is 6.10 Å². The highest BCUT2D eigenvalue weighted by molar-refractivity contribution is 5.89. The predicted molar refractivity (Wildman–Crippen MR) is 70.2 cm³/mol. The van der Waals surface area contributed by atoms with Crippen LogP contribution in [0.4, 0.5) is 10.5 Å². The lowest BCUT2D eigenvalue weighted by molar-refractivity contribution is 0.0883. The summed E-state index contributed by atoms with van der Waals surface area (Å²) in [6, 6.07) is 7.31. The van der Waals surface area contributed by atoms with Crippen molar-refractivity contribution in [1.29, 1.82) is 0 Å². The Morgan fingerprint density at radius 2 is 2.39 bits per heavy atom. The van der Waals surface area contributed by atoms with Gasteiger partial charge >= 0.3 is 6.03 Å². The third kappa shape index (κ3) is 3.21. The van der Waals surface area contributed by atoms with E-state index in [-0.39, 0.29) is 6.03 Å². The summed E-state index contributed by atoms with van der Waals surface area (Å²) in [4.78, 5) is 13.6. The third-order valence-corrected chi connectivity index (χ3v) is 3.10. The first-order chi connectivity index (χ1) is 8.69. The van der Waals surface area contributed by atoms with Gasteiger partial charge in [-0.05, 0) is 30.5 Å². The van der Waals surface area contributed by atoms with Crippen molar-refractivity contribution in [2.24, 2.45) is 5.73 Å². The van der Waals surface area contributed by atoms with Gasteiger partial charge in [-0.1, -0.05) is 12.1 Å². The summed E-state index contributed by atoms with van der Waals surface area (Å²) in [5, 5.41) is 12.4. The molecule has 0 bridgehead atoms. The topological polar surface area (TPSA) is 78.6 Å². The van der Waals surface area contributed by atoms with E-state index in [1.165, 1.54) is 0 Å². The first-order valence-electron chi connectivity index (χ1n) is 6.22. The molecule has 1 aromatic carbocycles. The molecule has 0 aliphatic carbocycles. The predicted octanol–water partition coefficient (Wildman–Crippen LogP) is 1.13. The molecule has 2 rings (SSSR count). The molecule has 4 N–H and O–H groups in total. The average Bonchev–Trinajstić information content (AvgIpc) is 2.39. The highest BCUT2D eigenvalue weighted by atomic mass is 16.3. The zero-order valence-electron chi connectivity index (χ0n) is 10.3. The van der Waals surface area contributed by atoms with Gasteiger partial charge in [-0.25, -0.2) is 4.79 Å². The summed E-state index contributed by atoms with van der Waals surface area (Å²) in [5.41, 5.74) is 7.27. The minimum absolute atomic E-state index is 0.164. The van der Waals surface area contributed by atoms with E-state index in [0.717, 1.165) is 24.1 Å². The van der Waals surface area contributed by atoms with Crippen molar-refractivity contribution in [2.45, 2.75) is 25.5 Å². The van der Waals surface area contributed by atoms with Crippen LogP contribution in [0.1, 0.15) is 18.4 Å². The van der Waals surface area contributed by atoms with Crippen molar-refractivity contribution in [3.63, 3.8) is 0 Å². The number of likely N-dealkylation sites (tertiary alicyclic amines) is 1. The zero-order valence-corrected chi connectivity index (χ0v) is 10.3. The monoisotopic (exact) mass is 249 g/mol. The number of carbonyl (C=O) groups excluding carboxylic acids is 1. The van der Waals surface area contributed by atoms with Gasteiger partial charge in [-0.15, -0.1) is 0 Å². The molecule has 1 aromatic rings. The lowest BCUT2D eigenvalue weighted by atomic mass is 10.1. The van der Waals surface area contributed by atoms with Gasteiger partial charge in [-0.3, -0.25) is 0 Å². The lowest BCUT2D eigenvalue weighted by Crippen LogP contribution is -2.44. The smallest absolute Gasteiger partial charge is 0.321 e.